The van der Waals surface area contributed by atoms with E-state index in [-0.39, 0.29) is 28.3 Å². The quantitative estimate of drug-likeness (QED) is 0.519. The molecule has 0 amide bonds. The minimum atomic E-state index is -0.160. The van der Waals surface area contributed by atoms with E-state index in [1.807, 2.05) is 0 Å². The maximum Gasteiger partial charge on any atom is 0 e. The van der Waals surface area contributed by atoms with Crippen LogP contribution < -0.4 is 5.30 Å². The summed E-state index contributed by atoms with van der Waals surface area (Å²) < 4.78 is 0. The molecule has 0 radical (unpaired) electrons. The molecule has 0 fully saturated rings. The van der Waals surface area contributed by atoms with E-state index < -0.39 is 0 Å². The molecular weight excluding hydrogens is 330 g/mol. The van der Waals surface area contributed by atoms with E-state index in [9.17, 15) is 0 Å². The summed E-state index contributed by atoms with van der Waals surface area (Å²) in [5.74, 6) is 0. The summed E-state index contributed by atoms with van der Waals surface area (Å²) in [7, 11) is -0.160. The zero-order valence-electron chi connectivity index (χ0n) is 12.8. The van der Waals surface area contributed by atoms with Crippen molar-refractivity contribution in [2.75, 3.05) is 0 Å². The van der Waals surface area contributed by atoms with Gasteiger partial charge in [-0.25, -0.2) is 0 Å². The molecule has 0 aliphatic heterocycles. The standard InChI is InChI=1S/C16H27P.Pd/c1-8-13-10-9-11-14(12-13)17(15(2,3)4)16(5,6)7;/h9-12H,8H2,1-7H3;. The minimum absolute atomic E-state index is 0. The van der Waals surface area contributed by atoms with Crippen LogP contribution in [0.2, 0.25) is 0 Å². The van der Waals surface area contributed by atoms with Crippen LogP contribution in [0.3, 0.4) is 0 Å². The number of benzene rings is 1. The van der Waals surface area contributed by atoms with Gasteiger partial charge in [0.05, 0.1) is 0 Å². The topological polar surface area (TPSA) is 0 Å². The van der Waals surface area contributed by atoms with Crippen molar-refractivity contribution in [2.24, 2.45) is 0 Å². The van der Waals surface area contributed by atoms with Gasteiger partial charge in [0, 0.05) is 20.4 Å². The van der Waals surface area contributed by atoms with E-state index in [2.05, 4.69) is 72.7 Å². The van der Waals surface area contributed by atoms with Gasteiger partial charge in [-0.05, 0) is 27.6 Å². The van der Waals surface area contributed by atoms with Crippen molar-refractivity contribution in [3.63, 3.8) is 0 Å². The monoisotopic (exact) mass is 356 g/mol. The van der Waals surface area contributed by atoms with Gasteiger partial charge in [0.25, 0.3) is 0 Å². The summed E-state index contributed by atoms with van der Waals surface area (Å²) in [5, 5.41) is 2.28. The van der Waals surface area contributed by atoms with Gasteiger partial charge in [-0.15, -0.1) is 0 Å². The first-order chi connectivity index (χ1) is 7.66. The van der Waals surface area contributed by atoms with Gasteiger partial charge in [0.2, 0.25) is 0 Å². The molecule has 2 heteroatoms. The fourth-order valence-corrected chi connectivity index (χ4v) is 6.79. The van der Waals surface area contributed by atoms with Crippen LogP contribution in [0.5, 0.6) is 0 Å². The Bertz CT molecular complexity index is 357. The van der Waals surface area contributed by atoms with Crippen molar-refractivity contribution in [3.05, 3.63) is 29.8 Å². The molecule has 0 atom stereocenters. The van der Waals surface area contributed by atoms with E-state index >= 15 is 0 Å². The molecule has 0 spiro atoms. The molecule has 0 N–H and O–H groups in total. The van der Waals surface area contributed by atoms with E-state index in [0.717, 1.165) is 6.42 Å². The second-order valence-electron chi connectivity index (χ2n) is 6.70. The molecule has 0 aliphatic rings. The zero-order valence-corrected chi connectivity index (χ0v) is 15.2. The Morgan fingerprint density at radius 1 is 0.944 bits per heavy atom. The first-order valence-corrected chi connectivity index (χ1v) is 7.89. The van der Waals surface area contributed by atoms with Crippen LogP contribution in [0.25, 0.3) is 0 Å². The van der Waals surface area contributed by atoms with Gasteiger partial charge in [-0.2, -0.15) is 0 Å². The van der Waals surface area contributed by atoms with E-state index in [4.69, 9.17) is 0 Å². The number of rotatable bonds is 2. The Morgan fingerprint density at radius 3 is 1.83 bits per heavy atom. The van der Waals surface area contributed by atoms with Crippen molar-refractivity contribution >= 4 is 13.2 Å². The Morgan fingerprint density at radius 2 is 1.44 bits per heavy atom. The molecule has 1 aromatic carbocycles. The molecule has 0 aliphatic carbocycles. The molecule has 0 unspecified atom stereocenters. The third kappa shape index (κ3) is 4.77. The van der Waals surface area contributed by atoms with E-state index in [1.54, 1.807) is 5.30 Å². The summed E-state index contributed by atoms with van der Waals surface area (Å²) in [6.45, 7) is 16.5. The van der Waals surface area contributed by atoms with Crippen LogP contribution in [-0.2, 0) is 26.8 Å². The third-order valence-electron chi connectivity index (χ3n) is 2.92. The smallest absolute Gasteiger partial charge is 0 e. The Hall–Kier alpha value is 0.312. The van der Waals surface area contributed by atoms with Gasteiger partial charge < -0.3 is 0 Å². The van der Waals surface area contributed by atoms with E-state index in [0.29, 0.717) is 10.3 Å². The van der Waals surface area contributed by atoms with Gasteiger partial charge in [-0.3, -0.25) is 0 Å². The van der Waals surface area contributed by atoms with Gasteiger partial charge in [0.15, 0.2) is 0 Å². The first kappa shape index (κ1) is 18.3. The largest absolute Gasteiger partial charge is 0.0643 e. The van der Waals surface area contributed by atoms with Crippen molar-refractivity contribution in [1.82, 2.24) is 0 Å². The summed E-state index contributed by atoms with van der Waals surface area (Å²) in [5.41, 5.74) is 1.46. The Kier molecular flexibility index (Phi) is 6.77. The minimum Gasteiger partial charge on any atom is -0.0643 e. The summed E-state index contributed by atoms with van der Waals surface area (Å²) in [4.78, 5) is 0. The SMILES string of the molecule is CCc1cccc(P(C(C)(C)C)C(C)(C)C)c1.[Pd]. The van der Waals surface area contributed by atoms with Crippen molar-refractivity contribution in [1.29, 1.82) is 0 Å². The fraction of sp³-hybridized carbons (Fsp3) is 0.625. The number of hydrogen-bond donors (Lipinski definition) is 0. The number of hydrogen-bond acceptors (Lipinski definition) is 0. The molecule has 0 aromatic heterocycles. The van der Waals surface area contributed by atoms with Gasteiger partial charge in [0.1, 0.15) is 0 Å². The average Bonchev–Trinajstić information content (AvgIpc) is 2.13. The van der Waals surface area contributed by atoms with Crippen LogP contribution in [0.1, 0.15) is 54.0 Å². The van der Waals surface area contributed by atoms with Crippen LogP contribution in [0, 0.1) is 0 Å². The number of aryl methyl sites for hydroxylation is 1. The summed E-state index contributed by atoms with van der Waals surface area (Å²) in [6.07, 6.45) is 1.13. The van der Waals surface area contributed by atoms with Crippen LogP contribution >= 0.6 is 7.92 Å². The molecule has 0 nitrogen and oxygen atoms in total. The van der Waals surface area contributed by atoms with E-state index in [1.165, 1.54) is 5.56 Å². The van der Waals surface area contributed by atoms with Crippen molar-refractivity contribution in [2.45, 2.75) is 65.2 Å². The fourth-order valence-electron chi connectivity index (χ4n) is 2.70. The van der Waals surface area contributed by atoms with Gasteiger partial charge >= 0.3 is 0 Å². The normalized spacial score (nSPS) is 12.4. The van der Waals surface area contributed by atoms with Crippen molar-refractivity contribution in [3.8, 4) is 0 Å². The predicted molar refractivity (Wildman–Crippen MR) is 81.9 cm³/mol. The summed E-state index contributed by atoms with van der Waals surface area (Å²) >= 11 is 0. The van der Waals surface area contributed by atoms with Crippen LogP contribution in [0.4, 0.5) is 0 Å². The van der Waals surface area contributed by atoms with Gasteiger partial charge in [-0.1, -0.05) is 80.7 Å². The second-order valence-corrected chi connectivity index (χ2v) is 10.6. The van der Waals surface area contributed by atoms with Crippen LogP contribution in [-0.4, -0.2) is 10.3 Å². The summed E-state index contributed by atoms with van der Waals surface area (Å²) in [6, 6.07) is 9.20. The molecule has 18 heavy (non-hydrogen) atoms. The second kappa shape index (κ2) is 6.65. The maximum atomic E-state index is 2.42. The Labute approximate surface area is 128 Å². The molecule has 0 heterocycles. The zero-order chi connectivity index (χ0) is 13.3. The molecule has 0 bridgehead atoms. The molecule has 1 rings (SSSR count). The third-order valence-corrected chi connectivity index (χ3v) is 6.40. The Balaban J connectivity index is 0.00000289. The molecule has 106 valence electrons. The molecule has 0 saturated heterocycles. The molecule has 1 aromatic rings. The van der Waals surface area contributed by atoms with Crippen LogP contribution in [0.15, 0.2) is 24.3 Å². The molecule has 0 saturated carbocycles. The molecular formula is C16H27PPd. The first-order valence-electron chi connectivity index (χ1n) is 6.55. The average molecular weight is 357 g/mol. The van der Waals surface area contributed by atoms with Crippen molar-refractivity contribution < 1.29 is 20.4 Å². The predicted octanol–water partition coefficient (Wildman–Crippen LogP) is 4.95. The maximum absolute atomic E-state index is 2.42.